The lowest BCUT2D eigenvalue weighted by atomic mass is 10.0. The lowest BCUT2D eigenvalue weighted by molar-refractivity contribution is 0.200. The zero-order chi connectivity index (χ0) is 24.9. The molecule has 0 bridgehead atoms. The van der Waals surface area contributed by atoms with Gasteiger partial charge in [-0.1, -0.05) is 18.2 Å². The molecule has 1 aliphatic rings. The van der Waals surface area contributed by atoms with E-state index in [0.717, 1.165) is 54.8 Å². The van der Waals surface area contributed by atoms with E-state index in [4.69, 9.17) is 18.6 Å². The maximum Gasteiger partial charge on any atom is 0.173 e. The summed E-state index contributed by atoms with van der Waals surface area (Å²) in [5, 5.41) is 12.8. The topological polar surface area (TPSA) is 90.9 Å². The molecule has 36 heavy (non-hydrogen) atoms. The number of furan rings is 1. The molecule has 5 rings (SSSR count). The van der Waals surface area contributed by atoms with Crippen LogP contribution in [0.5, 0.6) is 17.2 Å². The van der Waals surface area contributed by atoms with Gasteiger partial charge in [-0.2, -0.15) is 0 Å². The van der Waals surface area contributed by atoms with Gasteiger partial charge in [-0.15, -0.1) is 5.10 Å². The number of anilines is 1. The van der Waals surface area contributed by atoms with Crippen molar-refractivity contribution in [3.63, 3.8) is 0 Å². The van der Waals surface area contributed by atoms with Gasteiger partial charge >= 0.3 is 0 Å². The second kappa shape index (κ2) is 10.7. The van der Waals surface area contributed by atoms with Crippen molar-refractivity contribution in [2.75, 3.05) is 52.4 Å². The third kappa shape index (κ3) is 4.72. The largest absolute Gasteiger partial charge is 0.495 e. The van der Waals surface area contributed by atoms with Gasteiger partial charge in [0.1, 0.15) is 18.1 Å². The van der Waals surface area contributed by atoms with Crippen molar-refractivity contribution in [3.8, 4) is 17.2 Å². The lowest BCUT2D eigenvalue weighted by Gasteiger charge is -2.40. The molecule has 0 unspecified atom stereocenters. The Kier molecular flexibility index (Phi) is 7.03. The second-order valence-corrected chi connectivity index (χ2v) is 8.49. The smallest absolute Gasteiger partial charge is 0.173 e. The number of para-hydroxylation sites is 2. The number of rotatable bonds is 9. The molecule has 0 N–H and O–H groups in total. The Balaban J connectivity index is 1.47. The van der Waals surface area contributed by atoms with Crippen molar-refractivity contribution in [2.45, 2.75) is 12.6 Å². The monoisotopic (exact) mass is 490 g/mol. The van der Waals surface area contributed by atoms with Gasteiger partial charge in [0.25, 0.3) is 0 Å². The molecule has 10 heteroatoms. The van der Waals surface area contributed by atoms with Gasteiger partial charge in [0.2, 0.25) is 0 Å². The highest BCUT2D eigenvalue weighted by atomic mass is 16.5. The van der Waals surface area contributed by atoms with Gasteiger partial charge in [-0.05, 0) is 52.4 Å². The minimum atomic E-state index is -0.186. The highest BCUT2D eigenvalue weighted by Gasteiger charge is 2.32. The molecule has 2 aromatic carbocycles. The number of aromatic nitrogens is 4. The highest BCUT2D eigenvalue weighted by molar-refractivity contribution is 5.58. The van der Waals surface area contributed by atoms with E-state index in [2.05, 4.69) is 31.4 Å². The van der Waals surface area contributed by atoms with Crippen LogP contribution in [0.25, 0.3) is 0 Å². The molecule has 1 aliphatic heterocycles. The molecule has 1 saturated heterocycles. The Hall–Kier alpha value is -4.05. The number of tetrazole rings is 1. The summed E-state index contributed by atoms with van der Waals surface area (Å²) in [4.78, 5) is 4.75. The zero-order valence-electron chi connectivity index (χ0n) is 20.7. The van der Waals surface area contributed by atoms with Crippen LogP contribution in [0.3, 0.4) is 0 Å². The van der Waals surface area contributed by atoms with Crippen molar-refractivity contribution < 1.29 is 18.6 Å². The summed E-state index contributed by atoms with van der Waals surface area (Å²) in [5.74, 6) is 3.75. The molecule has 0 radical (unpaired) electrons. The first-order valence-corrected chi connectivity index (χ1v) is 11.8. The van der Waals surface area contributed by atoms with Crippen LogP contribution in [0, 0.1) is 0 Å². The van der Waals surface area contributed by atoms with Gasteiger partial charge in [0.15, 0.2) is 17.3 Å². The fraction of sp³-hybridized carbons (Fsp3) is 0.346. The molecule has 1 atom stereocenters. The van der Waals surface area contributed by atoms with Crippen molar-refractivity contribution in [1.82, 2.24) is 25.1 Å². The van der Waals surface area contributed by atoms with E-state index in [9.17, 15) is 0 Å². The van der Waals surface area contributed by atoms with Gasteiger partial charge in [0.05, 0.1) is 39.3 Å². The van der Waals surface area contributed by atoms with Crippen LogP contribution in [0.1, 0.15) is 23.2 Å². The number of benzene rings is 2. The van der Waals surface area contributed by atoms with E-state index in [1.807, 2.05) is 48.5 Å². The average molecular weight is 491 g/mol. The van der Waals surface area contributed by atoms with E-state index in [1.54, 1.807) is 32.3 Å². The second-order valence-electron chi connectivity index (χ2n) is 8.49. The summed E-state index contributed by atoms with van der Waals surface area (Å²) < 4.78 is 24.0. The third-order valence-electron chi connectivity index (χ3n) is 6.52. The summed E-state index contributed by atoms with van der Waals surface area (Å²) >= 11 is 0. The molecule has 0 saturated carbocycles. The Morgan fingerprint density at radius 3 is 2.36 bits per heavy atom. The predicted octanol–water partition coefficient (Wildman–Crippen LogP) is 3.25. The number of piperazine rings is 1. The molecule has 188 valence electrons. The molecule has 1 fully saturated rings. The molecule has 4 aromatic rings. The van der Waals surface area contributed by atoms with E-state index in [0.29, 0.717) is 18.0 Å². The number of methoxy groups -OCH3 is 3. The number of hydrogen-bond acceptors (Lipinski definition) is 9. The normalized spacial score (nSPS) is 15.0. The Morgan fingerprint density at radius 1 is 0.861 bits per heavy atom. The van der Waals surface area contributed by atoms with E-state index in [1.165, 1.54) is 0 Å². The van der Waals surface area contributed by atoms with E-state index >= 15 is 0 Å². The van der Waals surface area contributed by atoms with Crippen molar-refractivity contribution in [3.05, 3.63) is 78.0 Å². The molecule has 3 heterocycles. The van der Waals surface area contributed by atoms with Gasteiger partial charge in [-0.25, -0.2) is 4.68 Å². The molecule has 0 aliphatic carbocycles. The third-order valence-corrected chi connectivity index (χ3v) is 6.52. The maximum atomic E-state index is 5.61. The Labute approximate surface area is 210 Å². The Morgan fingerprint density at radius 2 is 1.64 bits per heavy atom. The summed E-state index contributed by atoms with van der Waals surface area (Å²) in [5.41, 5.74) is 2.12. The van der Waals surface area contributed by atoms with Crippen LogP contribution in [0.2, 0.25) is 0 Å². The number of nitrogens with zero attached hydrogens (tertiary/aromatic N) is 6. The van der Waals surface area contributed by atoms with Gasteiger partial charge in [0, 0.05) is 26.2 Å². The summed E-state index contributed by atoms with van der Waals surface area (Å²) in [7, 11) is 4.99. The first-order chi connectivity index (χ1) is 17.7. The molecule has 2 aromatic heterocycles. The van der Waals surface area contributed by atoms with E-state index < -0.39 is 0 Å². The van der Waals surface area contributed by atoms with Gasteiger partial charge in [-0.3, -0.25) is 4.90 Å². The molecule has 0 spiro atoms. The van der Waals surface area contributed by atoms with Crippen molar-refractivity contribution >= 4 is 5.69 Å². The minimum absolute atomic E-state index is 0.186. The predicted molar refractivity (Wildman–Crippen MR) is 134 cm³/mol. The summed E-state index contributed by atoms with van der Waals surface area (Å²) in [6.45, 7) is 3.74. The SMILES string of the molecule is COc1ccc([C@@H](c2nnnn2Cc2ccco2)N2CCN(c3ccccc3OC)CC2)cc1OC. The van der Waals surface area contributed by atoms with Crippen LogP contribution >= 0.6 is 0 Å². The van der Waals surface area contributed by atoms with Crippen LogP contribution in [-0.4, -0.2) is 72.6 Å². The fourth-order valence-corrected chi connectivity index (χ4v) is 4.73. The first-order valence-electron chi connectivity index (χ1n) is 11.8. The molecular formula is C26H30N6O4. The van der Waals surface area contributed by atoms with Crippen LogP contribution in [0.15, 0.2) is 65.3 Å². The molecule has 10 nitrogen and oxygen atoms in total. The number of ether oxygens (including phenoxy) is 3. The molecular weight excluding hydrogens is 460 g/mol. The van der Waals surface area contributed by atoms with Crippen LogP contribution in [-0.2, 0) is 6.54 Å². The first kappa shape index (κ1) is 23.7. The van der Waals surface area contributed by atoms with E-state index in [-0.39, 0.29) is 6.04 Å². The minimum Gasteiger partial charge on any atom is -0.495 e. The van der Waals surface area contributed by atoms with Crippen molar-refractivity contribution in [2.24, 2.45) is 0 Å². The van der Waals surface area contributed by atoms with Crippen LogP contribution < -0.4 is 19.1 Å². The van der Waals surface area contributed by atoms with Crippen molar-refractivity contribution in [1.29, 1.82) is 0 Å². The highest BCUT2D eigenvalue weighted by Crippen LogP contribution is 2.36. The lowest BCUT2D eigenvalue weighted by Crippen LogP contribution is -2.48. The fourth-order valence-electron chi connectivity index (χ4n) is 4.73. The van der Waals surface area contributed by atoms with Gasteiger partial charge < -0.3 is 23.5 Å². The molecule has 0 amide bonds. The zero-order valence-corrected chi connectivity index (χ0v) is 20.7. The quantitative estimate of drug-likeness (QED) is 0.351. The number of hydrogen-bond donors (Lipinski definition) is 0. The Bertz CT molecular complexity index is 1270. The van der Waals surface area contributed by atoms with Crippen LogP contribution in [0.4, 0.5) is 5.69 Å². The summed E-state index contributed by atoms with van der Waals surface area (Å²) in [6, 6.07) is 17.7. The standard InChI is InChI=1S/C26H30N6O4/c1-33-22-9-5-4-8-21(22)30-12-14-31(15-13-30)25(19-10-11-23(34-2)24(17-19)35-3)26-27-28-29-32(26)18-20-7-6-16-36-20/h4-11,16-17,25H,12-15,18H2,1-3H3/t25-/m0/s1. The average Bonchev–Trinajstić information content (AvgIpc) is 3.62. The summed E-state index contributed by atoms with van der Waals surface area (Å²) in [6.07, 6.45) is 1.66. The maximum absolute atomic E-state index is 5.61.